The highest BCUT2D eigenvalue weighted by atomic mass is 32.1. The number of Topliss-reactive ketones (excluding diaryl/α,β-unsaturated/α-hetero) is 1. The minimum Gasteiger partial charge on any atom is -0.330 e. The first kappa shape index (κ1) is 9.33. The number of ketones is 1. The van der Waals surface area contributed by atoms with Gasteiger partial charge in [-0.3, -0.25) is 9.59 Å². The first-order valence-corrected chi connectivity index (χ1v) is 5.23. The Kier molecular flexibility index (Phi) is 2.33. The third-order valence-corrected chi connectivity index (χ3v) is 3.17. The van der Waals surface area contributed by atoms with Gasteiger partial charge < -0.3 is 4.90 Å². The summed E-state index contributed by atoms with van der Waals surface area (Å²) < 4.78 is 0. The molecule has 1 aliphatic heterocycles. The van der Waals surface area contributed by atoms with Gasteiger partial charge in [-0.2, -0.15) is 0 Å². The van der Waals surface area contributed by atoms with E-state index in [1.165, 1.54) is 11.3 Å². The van der Waals surface area contributed by atoms with Gasteiger partial charge in [-0.15, -0.1) is 11.3 Å². The summed E-state index contributed by atoms with van der Waals surface area (Å²) >= 11 is 1.52. The van der Waals surface area contributed by atoms with Crippen LogP contribution in [0, 0.1) is 6.92 Å². The van der Waals surface area contributed by atoms with E-state index in [2.05, 4.69) is 4.98 Å². The van der Waals surface area contributed by atoms with Crippen LogP contribution in [0.25, 0.3) is 0 Å². The van der Waals surface area contributed by atoms with E-state index in [1.807, 2.05) is 6.92 Å². The average Bonchev–Trinajstić information content (AvgIpc) is 2.62. The van der Waals surface area contributed by atoms with Crippen LogP contribution in [0.1, 0.15) is 17.0 Å². The molecule has 0 spiro atoms. The zero-order chi connectivity index (χ0) is 10.1. The molecule has 0 aliphatic carbocycles. The molecule has 5 heteroatoms. The van der Waals surface area contributed by atoms with Gasteiger partial charge >= 0.3 is 0 Å². The topological polar surface area (TPSA) is 50.3 Å². The fraction of sp³-hybridized carbons (Fsp3) is 0.444. The number of aryl methyl sites for hydroxylation is 1. The maximum atomic E-state index is 11.3. The lowest BCUT2D eigenvalue weighted by Crippen LogP contribution is -2.24. The summed E-state index contributed by atoms with van der Waals surface area (Å²) in [6.45, 7) is 2.70. The van der Waals surface area contributed by atoms with Gasteiger partial charge in [0.05, 0.1) is 30.7 Å². The zero-order valence-corrected chi connectivity index (χ0v) is 8.63. The number of carbonyl (C=O) groups is 2. The van der Waals surface area contributed by atoms with Crippen LogP contribution in [-0.4, -0.2) is 28.1 Å². The van der Waals surface area contributed by atoms with Gasteiger partial charge in [-0.25, -0.2) is 4.98 Å². The Balaban J connectivity index is 2.09. The fourth-order valence-corrected chi connectivity index (χ4v) is 2.22. The van der Waals surface area contributed by atoms with E-state index in [-0.39, 0.29) is 24.7 Å². The second-order valence-corrected chi connectivity index (χ2v) is 4.27. The molecule has 1 aromatic rings. The van der Waals surface area contributed by atoms with Gasteiger partial charge in [-0.1, -0.05) is 0 Å². The molecule has 0 saturated carbocycles. The van der Waals surface area contributed by atoms with Gasteiger partial charge in [-0.05, 0) is 6.92 Å². The lowest BCUT2D eigenvalue weighted by Gasteiger charge is -2.12. The summed E-state index contributed by atoms with van der Waals surface area (Å²) in [6, 6.07) is 0. The molecule has 2 rings (SSSR count). The van der Waals surface area contributed by atoms with Crippen molar-refractivity contribution in [3.05, 3.63) is 16.1 Å². The fourth-order valence-electron chi connectivity index (χ4n) is 1.43. The molecule has 0 aromatic carbocycles. The molecule has 14 heavy (non-hydrogen) atoms. The number of hydrogen-bond acceptors (Lipinski definition) is 4. The van der Waals surface area contributed by atoms with E-state index in [9.17, 15) is 9.59 Å². The SMILES string of the molecule is Cc1ncsc1CN1CC(=O)CC1=O. The zero-order valence-electron chi connectivity index (χ0n) is 7.82. The number of hydrogen-bond donors (Lipinski definition) is 0. The first-order valence-electron chi connectivity index (χ1n) is 4.35. The maximum absolute atomic E-state index is 11.3. The summed E-state index contributed by atoms with van der Waals surface area (Å²) in [7, 11) is 0. The highest BCUT2D eigenvalue weighted by molar-refractivity contribution is 7.09. The smallest absolute Gasteiger partial charge is 0.230 e. The Morgan fingerprint density at radius 1 is 1.57 bits per heavy atom. The van der Waals surface area contributed by atoms with Crippen molar-refractivity contribution in [1.29, 1.82) is 0 Å². The van der Waals surface area contributed by atoms with Gasteiger partial charge in [0.15, 0.2) is 5.78 Å². The number of aromatic nitrogens is 1. The summed E-state index contributed by atoms with van der Waals surface area (Å²) in [4.78, 5) is 29.1. The highest BCUT2D eigenvalue weighted by Crippen LogP contribution is 2.17. The highest BCUT2D eigenvalue weighted by Gasteiger charge is 2.27. The van der Waals surface area contributed by atoms with Crippen molar-refractivity contribution in [2.75, 3.05) is 6.54 Å². The van der Waals surface area contributed by atoms with Crippen molar-refractivity contribution in [2.24, 2.45) is 0 Å². The minimum absolute atomic E-state index is 0.0113. The Hall–Kier alpha value is -1.23. The van der Waals surface area contributed by atoms with Crippen molar-refractivity contribution in [2.45, 2.75) is 19.9 Å². The summed E-state index contributed by atoms with van der Waals surface area (Å²) in [5.74, 6) is -0.0556. The van der Waals surface area contributed by atoms with E-state index in [0.29, 0.717) is 6.54 Å². The Morgan fingerprint density at radius 2 is 2.36 bits per heavy atom. The van der Waals surface area contributed by atoms with E-state index in [1.54, 1.807) is 10.4 Å². The van der Waals surface area contributed by atoms with Crippen LogP contribution < -0.4 is 0 Å². The van der Waals surface area contributed by atoms with E-state index >= 15 is 0 Å². The van der Waals surface area contributed by atoms with Crippen LogP contribution in [0.15, 0.2) is 5.51 Å². The standard InChI is InChI=1S/C9H10N2O2S/c1-6-8(14-5-10-6)4-11-3-7(12)2-9(11)13/h5H,2-4H2,1H3. The van der Waals surface area contributed by atoms with Crippen molar-refractivity contribution in [1.82, 2.24) is 9.88 Å². The molecule has 1 aromatic heterocycles. The third-order valence-electron chi connectivity index (χ3n) is 2.25. The van der Waals surface area contributed by atoms with Gasteiger partial charge in [0.25, 0.3) is 0 Å². The molecule has 1 aliphatic rings. The molecule has 1 amide bonds. The van der Waals surface area contributed by atoms with Crippen molar-refractivity contribution in [3.63, 3.8) is 0 Å². The normalized spacial score (nSPS) is 16.8. The molecule has 1 saturated heterocycles. The predicted molar refractivity (Wildman–Crippen MR) is 51.9 cm³/mol. The van der Waals surface area contributed by atoms with E-state index in [4.69, 9.17) is 0 Å². The molecule has 2 heterocycles. The largest absolute Gasteiger partial charge is 0.330 e. The second-order valence-electron chi connectivity index (χ2n) is 3.33. The van der Waals surface area contributed by atoms with Gasteiger partial charge in [0, 0.05) is 4.88 Å². The molecular formula is C9H10N2O2S. The lowest BCUT2D eigenvalue weighted by molar-refractivity contribution is -0.128. The number of thiazole rings is 1. The Morgan fingerprint density at radius 3 is 2.86 bits per heavy atom. The van der Waals surface area contributed by atoms with E-state index in [0.717, 1.165) is 10.6 Å². The lowest BCUT2D eigenvalue weighted by atomic mass is 10.3. The van der Waals surface area contributed by atoms with Gasteiger partial charge in [0.1, 0.15) is 0 Å². The second kappa shape index (κ2) is 3.49. The summed E-state index contributed by atoms with van der Waals surface area (Å²) in [6.07, 6.45) is 0.0673. The molecule has 0 bridgehead atoms. The monoisotopic (exact) mass is 210 g/mol. The van der Waals surface area contributed by atoms with Crippen molar-refractivity contribution in [3.8, 4) is 0 Å². The first-order chi connectivity index (χ1) is 6.66. The summed E-state index contributed by atoms with van der Waals surface area (Å²) in [5.41, 5.74) is 2.70. The predicted octanol–water partition coefficient (Wildman–Crippen LogP) is 0.753. The van der Waals surface area contributed by atoms with Crippen molar-refractivity contribution >= 4 is 23.0 Å². The van der Waals surface area contributed by atoms with Crippen LogP contribution in [0.2, 0.25) is 0 Å². The third kappa shape index (κ3) is 1.68. The van der Waals surface area contributed by atoms with Crippen LogP contribution >= 0.6 is 11.3 Å². The van der Waals surface area contributed by atoms with Crippen LogP contribution in [-0.2, 0) is 16.1 Å². The quantitative estimate of drug-likeness (QED) is 0.677. The molecule has 74 valence electrons. The van der Waals surface area contributed by atoms with Gasteiger partial charge in [0.2, 0.25) is 5.91 Å². The molecule has 0 atom stereocenters. The Labute approximate surface area is 85.6 Å². The van der Waals surface area contributed by atoms with Crippen LogP contribution in [0.3, 0.4) is 0 Å². The van der Waals surface area contributed by atoms with Crippen LogP contribution in [0.4, 0.5) is 0 Å². The van der Waals surface area contributed by atoms with Crippen LogP contribution in [0.5, 0.6) is 0 Å². The summed E-state index contributed by atoms with van der Waals surface area (Å²) in [5, 5.41) is 0. The number of amides is 1. The number of nitrogens with zero attached hydrogens (tertiary/aromatic N) is 2. The molecule has 0 radical (unpaired) electrons. The number of carbonyl (C=O) groups excluding carboxylic acids is 2. The molecule has 0 unspecified atom stereocenters. The maximum Gasteiger partial charge on any atom is 0.230 e. The molecule has 4 nitrogen and oxygen atoms in total. The van der Waals surface area contributed by atoms with Crippen molar-refractivity contribution < 1.29 is 9.59 Å². The molecular weight excluding hydrogens is 200 g/mol. The molecule has 1 fully saturated rings. The number of rotatable bonds is 2. The Bertz CT molecular complexity index is 386. The van der Waals surface area contributed by atoms with E-state index < -0.39 is 0 Å². The number of likely N-dealkylation sites (tertiary alicyclic amines) is 1. The average molecular weight is 210 g/mol. The molecule has 0 N–H and O–H groups in total. The minimum atomic E-state index is -0.0669.